The molecule has 1 saturated carbocycles. The van der Waals surface area contributed by atoms with Gasteiger partial charge in [-0.15, -0.1) is 0 Å². The number of ether oxygens (including phenoxy) is 1. The Hall–Kier alpha value is -5.41. The lowest BCUT2D eigenvalue weighted by atomic mass is 9.92. The van der Waals surface area contributed by atoms with Crippen LogP contribution >= 0.6 is 11.6 Å². The fraction of sp³-hybridized carbons (Fsp3) is 0.400. The summed E-state index contributed by atoms with van der Waals surface area (Å²) in [7, 11) is 0. The van der Waals surface area contributed by atoms with Gasteiger partial charge in [-0.05, 0) is 99.5 Å². The lowest BCUT2D eigenvalue weighted by Gasteiger charge is -2.29. The summed E-state index contributed by atoms with van der Waals surface area (Å²) < 4.78 is 6.06. The first-order valence-corrected chi connectivity index (χ1v) is 18.7. The van der Waals surface area contributed by atoms with Gasteiger partial charge in [-0.3, -0.25) is 34.2 Å². The average Bonchev–Trinajstić information content (AvgIpc) is 3.40. The highest BCUT2D eigenvalue weighted by atomic mass is 35.5. The largest absolute Gasteiger partial charge is 0.490 e. The van der Waals surface area contributed by atoms with Crippen LogP contribution in [0.15, 0.2) is 60.7 Å². The molecule has 0 aromatic heterocycles. The number of carbonyl (C=O) groups is 5. The fourth-order valence-electron chi connectivity index (χ4n) is 7.01. The molecule has 53 heavy (non-hydrogen) atoms. The number of rotatable bonds is 15. The smallest absolute Gasteiger partial charge is 0.262 e. The van der Waals surface area contributed by atoms with Crippen molar-refractivity contribution < 1.29 is 28.7 Å². The van der Waals surface area contributed by atoms with Gasteiger partial charge in [0.2, 0.25) is 11.8 Å². The minimum absolute atomic E-state index is 0.0451. The quantitative estimate of drug-likeness (QED) is 0.105. The van der Waals surface area contributed by atoms with E-state index in [0.717, 1.165) is 87.2 Å². The van der Waals surface area contributed by atoms with Crippen molar-refractivity contribution in [3.63, 3.8) is 0 Å². The zero-order chi connectivity index (χ0) is 37.3. The molecule has 3 aromatic carbocycles. The normalized spacial score (nSPS) is 19.6. The zero-order valence-electron chi connectivity index (χ0n) is 29.4. The molecule has 1 atom stereocenters. The number of nitrogens with zero attached hydrogens (tertiary/aromatic N) is 2. The molecule has 2 heterocycles. The molecule has 13 heteroatoms. The molecular weight excluding hydrogens is 696 g/mol. The molecule has 1 unspecified atom stereocenters. The van der Waals surface area contributed by atoms with Crippen molar-refractivity contribution in [3.8, 4) is 11.8 Å². The van der Waals surface area contributed by atoms with E-state index in [1.807, 2.05) is 30.3 Å². The van der Waals surface area contributed by atoms with Crippen molar-refractivity contribution in [1.82, 2.24) is 15.5 Å². The first-order valence-electron chi connectivity index (χ1n) is 18.3. The molecule has 2 aliphatic heterocycles. The van der Waals surface area contributed by atoms with Crippen LogP contribution in [0, 0.1) is 11.3 Å². The third kappa shape index (κ3) is 9.34. The lowest BCUT2D eigenvalue weighted by Crippen LogP contribution is -2.54. The molecule has 6 rings (SSSR count). The van der Waals surface area contributed by atoms with Crippen LogP contribution in [-0.2, 0) is 9.59 Å². The minimum atomic E-state index is -0.973. The van der Waals surface area contributed by atoms with Crippen LogP contribution in [0.4, 0.5) is 11.4 Å². The molecule has 0 bridgehead atoms. The second-order valence-electron chi connectivity index (χ2n) is 13.7. The Morgan fingerprint density at radius 3 is 2.15 bits per heavy atom. The van der Waals surface area contributed by atoms with Crippen molar-refractivity contribution in [2.75, 3.05) is 23.7 Å². The Morgan fingerprint density at radius 2 is 1.47 bits per heavy atom. The van der Waals surface area contributed by atoms with Gasteiger partial charge >= 0.3 is 0 Å². The predicted molar refractivity (Wildman–Crippen MR) is 200 cm³/mol. The first kappa shape index (κ1) is 37.4. The number of nitrogens with one attached hydrogen (secondary N) is 4. The Labute approximate surface area is 313 Å². The van der Waals surface area contributed by atoms with E-state index < -0.39 is 29.7 Å². The zero-order valence-corrected chi connectivity index (χ0v) is 30.2. The van der Waals surface area contributed by atoms with Gasteiger partial charge in [0.25, 0.3) is 17.7 Å². The van der Waals surface area contributed by atoms with Crippen LogP contribution in [-0.4, -0.2) is 65.7 Å². The molecule has 1 saturated heterocycles. The Balaban J connectivity index is 0.821. The van der Waals surface area contributed by atoms with Crippen molar-refractivity contribution in [3.05, 3.63) is 87.9 Å². The van der Waals surface area contributed by atoms with Crippen molar-refractivity contribution in [2.45, 2.75) is 88.8 Å². The molecule has 5 amide bonds. The number of nitriles is 1. The van der Waals surface area contributed by atoms with Crippen LogP contribution in [0.2, 0.25) is 5.02 Å². The summed E-state index contributed by atoms with van der Waals surface area (Å²) in [4.78, 5) is 63.5. The molecule has 1 aliphatic carbocycles. The number of benzene rings is 3. The van der Waals surface area contributed by atoms with Gasteiger partial charge in [-0.2, -0.15) is 5.26 Å². The van der Waals surface area contributed by atoms with E-state index in [1.165, 1.54) is 0 Å². The topological polar surface area (TPSA) is 170 Å². The SMILES string of the molecule is N#Cc1ccc(O[C@H]2CC[C@H](NC(=O)c3ccc(NCCCCCCCNc4ccc5c(c4)C(=O)N(C4CCC(=O)NC4=O)C5=O)cc3)CC2)cc1Cl. The van der Waals surface area contributed by atoms with E-state index in [0.29, 0.717) is 21.9 Å². The Morgan fingerprint density at radius 1 is 0.811 bits per heavy atom. The molecule has 3 aliphatic rings. The second-order valence-corrected chi connectivity index (χ2v) is 14.1. The number of carbonyl (C=O) groups excluding carboxylic acids is 5. The van der Waals surface area contributed by atoms with E-state index in [1.54, 1.807) is 36.4 Å². The summed E-state index contributed by atoms with van der Waals surface area (Å²) in [6.07, 6.45) is 8.73. The second kappa shape index (κ2) is 17.4. The van der Waals surface area contributed by atoms with Gasteiger partial charge in [0.15, 0.2) is 0 Å². The summed E-state index contributed by atoms with van der Waals surface area (Å²) >= 11 is 6.12. The van der Waals surface area contributed by atoms with Crippen LogP contribution in [0.3, 0.4) is 0 Å². The molecule has 3 aromatic rings. The molecule has 0 radical (unpaired) electrons. The number of anilines is 2. The summed E-state index contributed by atoms with van der Waals surface area (Å²) in [5.74, 6) is -1.46. The highest BCUT2D eigenvalue weighted by Crippen LogP contribution is 2.30. The molecule has 0 spiro atoms. The van der Waals surface area contributed by atoms with Crippen LogP contribution < -0.4 is 26.0 Å². The van der Waals surface area contributed by atoms with Gasteiger partial charge in [-0.1, -0.05) is 30.9 Å². The average molecular weight is 739 g/mol. The van der Waals surface area contributed by atoms with E-state index in [4.69, 9.17) is 21.6 Å². The van der Waals surface area contributed by atoms with Crippen molar-refractivity contribution >= 4 is 52.5 Å². The van der Waals surface area contributed by atoms with E-state index in [2.05, 4.69) is 21.3 Å². The number of piperidine rings is 1. The Kier molecular flexibility index (Phi) is 12.3. The molecule has 276 valence electrons. The Bertz CT molecular complexity index is 1900. The number of hydrogen-bond donors (Lipinski definition) is 4. The molecule has 2 fully saturated rings. The van der Waals surface area contributed by atoms with E-state index in [-0.39, 0.29) is 42.0 Å². The summed E-state index contributed by atoms with van der Waals surface area (Å²) in [5.41, 5.74) is 3.30. The number of halogens is 1. The lowest BCUT2D eigenvalue weighted by molar-refractivity contribution is -0.136. The highest BCUT2D eigenvalue weighted by molar-refractivity contribution is 6.31. The standard InChI is InChI=1S/C40H43ClN6O6/c41-34-23-31(14-8-26(34)24-42)53-30-15-11-28(12-16-30)45-37(49)25-6-9-27(10-7-25)43-20-4-2-1-3-5-21-44-29-13-17-32-33(22-29)40(52)47(39(32)51)35-18-19-36(48)46-38(35)50/h6-10,13-14,17,22-23,28,30,35,43-44H,1-5,11-12,15-16,18-21H2,(H,45,49)(H,46,48,50)/t28-,30-,35?. The molecular formula is C40H43ClN6O6. The van der Waals surface area contributed by atoms with Crippen LogP contribution in [0.1, 0.15) is 107 Å². The van der Waals surface area contributed by atoms with Crippen LogP contribution in [0.25, 0.3) is 0 Å². The monoisotopic (exact) mass is 738 g/mol. The number of fused-ring (bicyclic) bond motifs is 1. The third-order valence-electron chi connectivity index (χ3n) is 9.97. The number of hydrogen-bond acceptors (Lipinski definition) is 9. The van der Waals surface area contributed by atoms with Gasteiger partial charge in [0, 0.05) is 48.6 Å². The van der Waals surface area contributed by atoms with Crippen molar-refractivity contribution in [1.29, 1.82) is 5.26 Å². The highest BCUT2D eigenvalue weighted by Gasteiger charge is 2.44. The fourth-order valence-corrected chi connectivity index (χ4v) is 7.23. The van der Waals surface area contributed by atoms with Gasteiger partial charge in [0.05, 0.1) is 27.8 Å². The maximum atomic E-state index is 13.0. The molecule has 4 N–H and O–H groups in total. The van der Waals surface area contributed by atoms with Crippen LogP contribution in [0.5, 0.6) is 5.75 Å². The van der Waals surface area contributed by atoms with Gasteiger partial charge in [0.1, 0.15) is 17.9 Å². The summed E-state index contributed by atoms with van der Waals surface area (Å²) in [5, 5.41) is 21.6. The predicted octanol–water partition coefficient (Wildman–Crippen LogP) is 6.21. The molecule has 12 nitrogen and oxygen atoms in total. The van der Waals surface area contributed by atoms with Gasteiger partial charge < -0.3 is 20.7 Å². The summed E-state index contributed by atoms with van der Waals surface area (Å²) in [6, 6.07) is 18.9. The number of amides is 5. The summed E-state index contributed by atoms with van der Waals surface area (Å²) in [6.45, 7) is 1.56. The number of unbranched alkanes of at least 4 members (excludes halogenated alkanes) is 4. The van der Waals surface area contributed by atoms with E-state index in [9.17, 15) is 24.0 Å². The number of imide groups is 2. The third-order valence-corrected chi connectivity index (χ3v) is 10.3. The first-order chi connectivity index (χ1) is 25.7. The maximum Gasteiger partial charge on any atom is 0.262 e. The minimum Gasteiger partial charge on any atom is -0.490 e. The van der Waals surface area contributed by atoms with E-state index >= 15 is 0 Å². The van der Waals surface area contributed by atoms with Gasteiger partial charge in [-0.25, -0.2) is 0 Å². The maximum absolute atomic E-state index is 13.0. The van der Waals surface area contributed by atoms with Crippen molar-refractivity contribution in [2.24, 2.45) is 0 Å².